The first-order chi connectivity index (χ1) is 16.4. The van der Waals surface area contributed by atoms with E-state index in [-0.39, 0.29) is 23.9 Å². The van der Waals surface area contributed by atoms with Gasteiger partial charge in [-0.1, -0.05) is 25.2 Å². The zero-order valence-electron chi connectivity index (χ0n) is 19.0. The molecule has 10 nitrogen and oxygen atoms in total. The molecule has 1 aliphatic heterocycles. The monoisotopic (exact) mass is 456 g/mol. The Labute approximate surface area is 195 Å². The Morgan fingerprint density at radius 2 is 1.97 bits per heavy atom. The number of allylic oxidation sites excluding steroid dienone is 2. The van der Waals surface area contributed by atoms with Crippen molar-refractivity contribution >= 4 is 34.5 Å². The normalized spacial score (nSPS) is 18.7. The van der Waals surface area contributed by atoms with E-state index in [9.17, 15) is 9.59 Å². The summed E-state index contributed by atoms with van der Waals surface area (Å²) in [4.78, 5) is 39.4. The van der Waals surface area contributed by atoms with Crippen molar-refractivity contribution in [3.8, 4) is 11.1 Å². The Morgan fingerprint density at radius 3 is 2.71 bits per heavy atom. The van der Waals surface area contributed by atoms with Crippen molar-refractivity contribution in [2.45, 2.75) is 25.4 Å². The molecule has 0 saturated heterocycles. The van der Waals surface area contributed by atoms with Gasteiger partial charge < -0.3 is 15.5 Å². The molecule has 3 aromatic heterocycles. The van der Waals surface area contributed by atoms with Crippen LogP contribution in [0.1, 0.15) is 19.0 Å². The second kappa shape index (κ2) is 8.54. The van der Waals surface area contributed by atoms with E-state index < -0.39 is 0 Å². The quantitative estimate of drug-likeness (QED) is 0.539. The van der Waals surface area contributed by atoms with Crippen LogP contribution < -0.4 is 10.6 Å². The van der Waals surface area contributed by atoms with Crippen molar-refractivity contribution in [2.75, 3.05) is 19.4 Å². The summed E-state index contributed by atoms with van der Waals surface area (Å²) in [5.41, 5.74) is 3.63. The van der Waals surface area contributed by atoms with Gasteiger partial charge in [0.1, 0.15) is 23.4 Å². The van der Waals surface area contributed by atoms with Gasteiger partial charge in [0, 0.05) is 49.6 Å². The Kier molecular flexibility index (Phi) is 5.40. The molecule has 0 radical (unpaired) electrons. The number of H-pyrrole nitrogens is 1. The number of fused-ring (bicyclic) bond motifs is 2. The first kappa shape index (κ1) is 21.5. The van der Waals surface area contributed by atoms with E-state index in [0.29, 0.717) is 35.0 Å². The molecule has 0 bridgehead atoms. The van der Waals surface area contributed by atoms with Crippen molar-refractivity contribution in [2.24, 2.45) is 4.99 Å². The molecule has 0 spiro atoms. The number of aromatic nitrogens is 4. The van der Waals surface area contributed by atoms with Crippen molar-refractivity contribution in [1.29, 1.82) is 0 Å². The molecule has 2 atom stereocenters. The van der Waals surface area contributed by atoms with Crippen LogP contribution in [0.25, 0.3) is 22.2 Å². The molecule has 0 saturated carbocycles. The highest BCUT2D eigenvalue weighted by atomic mass is 16.2. The van der Waals surface area contributed by atoms with Gasteiger partial charge in [0.25, 0.3) is 5.91 Å². The summed E-state index contributed by atoms with van der Waals surface area (Å²) < 4.78 is 0. The molecule has 1 aliphatic carbocycles. The second-order valence-electron chi connectivity index (χ2n) is 8.33. The van der Waals surface area contributed by atoms with E-state index >= 15 is 0 Å². The molecular weight excluding hydrogens is 432 g/mol. The molecule has 0 aromatic carbocycles. The molecular formula is C24H24N8O2. The van der Waals surface area contributed by atoms with Crippen LogP contribution >= 0.6 is 0 Å². The highest BCUT2D eigenvalue weighted by Gasteiger charge is 2.36. The highest BCUT2D eigenvalue weighted by molar-refractivity contribution is 6.09. The number of hydrogen-bond acceptors (Lipinski definition) is 7. The molecule has 5 rings (SSSR count). The number of carbonyl (C=O) groups excluding carboxylic acids is 2. The number of rotatable bonds is 5. The SMILES string of the molecule is CCC(=O)Nc1ccc(-c2cnc3n[nH]c(C4=NC5C(C(=O)N(C)C)=CC=CC5N4)c3c2)cn1. The number of aliphatic imine (C=N–C) groups is 1. The van der Waals surface area contributed by atoms with E-state index in [0.717, 1.165) is 16.5 Å². The zero-order chi connectivity index (χ0) is 23.8. The third-order valence-corrected chi connectivity index (χ3v) is 5.81. The lowest BCUT2D eigenvalue weighted by Crippen LogP contribution is -2.39. The lowest BCUT2D eigenvalue weighted by atomic mass is 9.95. The number of nitrogens with zero attached hydrogens (tertiary/aromatic N) is 5. The number of carbonyl (C=O) groups is 2. The summed E-state index contributed by atoms with van der Waals surface area (Å²) >= 11 is 0. The van der Waals surface area contributed by atoms with Crippen LogP contribution in [0.5, 0.6) is 0 Å². The predicted molar refractivity (Wildman–Crippen MR) is 129 cm³/mol. The van der Waals surface area contributed by atoms with E-state index in [1.54, 1.807) is 44.4 Å². The first-order valence-corrected chi connectivity index (χ1v) is 11.0. The highest BCUT2D eigenvalue weighted by Crippen LogP contribution is 2.28. The van der Waals surface area contributed by atoms with Crippen LogP contribution in [0.4, 0.5) is 5.82 Å². The van der Waals surface area contributed by atoms with E-state index in [4.69, 9.17) is 4.99 Å². The van der Waals surface area contributed by atoms with Crippen LogP contribution in [0.15, 0.2) is 59.4 Å². The average molecular weight is 457 g/mol. The van der Waals surface area contributed by atoms with Crippen LogP contribution in [-0.2, 0) is 9.59 Å². The van der Waals surface area contributed by atoms with Gasteiger partial charge in [-0.3, -0.25) is 19.7 Å². The van der Waals surface area contributed by atoms with E-state index in [2.05, 4.69) is 30.8 Å². The molecule has 172 valence electrons. The molecule has 10 heteroatoms. The summed E-state index contributed by atoms with van der Waals surface area (Å²) in [5, 5.41) is 14.3. The van der Waals surface area contributed by atoms with Crippen LogP contribution in [0.2, 0.25) is 0 Å². The minimum Gasteiger partial charge on any atom is -0.360 e. The van der Waals surface area contributed by atoms with Crippen LogP contribution in [0.3, 0.4) is 0 Å². The number of likely N-dealkylation sites (N-methyl/N-ethyl adjacent to an activating group) is 1. The third kappa shape index (κ3) is 3.83. The summed E-state index contributed by atoms with van der Waals surface area (Å²) in [6.07, 6.45) is 9.53. The molecule has 3 N–H and O–H groups in total. The minimum atomic E-state index is -0.306. The number of nitrogens with one attached hydrogen (secondary N) is 3. The van der Waals surface area contributed by atoms with Crippen LogP contribution in [-0.4, -0.2) is 68.9 Å². The topological polar surface area (TPSA) is 128 Å². The summed E-state index contributed by atoms with van der Waals surface area (Å²) in [5.74, 6) is 0.994. The predicted octanol–water partition coefficient (Wildman–Crippen LogP) is 2.04. The van der Waals surface area contributed by atoms with Crippen molar-refractivity contribution < 1.29 is 9.59 Å². The molecule has 4 heterocycles. The first-order valence-electron chi connectivity index (χ1n) is 11.0. The number of aromatic amines is 1. The van der Waals surface area contributed by atoms with Crippen molar-refractivity contribution in [3.63, 3.8) is 0 Å². The maximum absolute atomic E-state index is 12.6. The van der Waals surface area contributed by atoms with Gasteiger partial charge in [-0.05, 0) is 18.2 Å². The lowest BCUT2D eigenvalue weighted by molar-refractivity contribution is -0.125. The van der Waals surface area contributed by atoms with Crippen molar-refractivity contribution in [1.82, 2.24) is 30.4 Å². The zero-order valence-corrected chi connectivity index (χ0v) is 19.0. The van der Waals surface area contributed by atoms with Gasteiger partial charge >= 0.3 is 0 Å². The Bertz CT molecular complexity index is 1370. The summed E-state index contributed by atoms with van der Waals surface area (Å²) in [7, 11) is 3.47. The average Bonchev–Trinajstić information content (AvgIpc) is 3.47. The largest absolute Gasteiger partial charge is 0.360 e. The number of pyridine rings is 2. The van der Waals surface area contributed by atoms with E-state index in [1.807, 2.05) is 30.4 Å². The number of hydrogen-bond donors (Lipinski definition) is 3. The fraction of sp³-hybridized carbons (Fsp3) is 0.250. The molecule has 2 unspecified atom stereocenters. The van der Waals surface area contributed by atoms with Gasteiger partial charge in [-0.25, -0.2) is 9.97 Å². The number of anilines is 1. The number of amidine groups is 1. The fourth-order valence-electron chi connectivity index (χ4n) is 3.99. The third-order valence-electron chi connectivity index (χ3n) is 5.81. The summed E-state index contributed by atoms with van der Waals surface area (Å²) in [6.45, 7) is 1.79. The minimum absolute atomic E-state index is 0.0596. The standard InChI is InChI=1S/C24H24N8O2/c1-4-19(33)28-18-9-8-13(11-25-18)14-10-16-21(30-31-22(16)26-12-14)23-27-17-7-5-6-15(20(17)29-23)24(34)32(2)3/h5-12,17,20H,4H2,1-3H3,(H,27,29)(H,25,28,33)(H,26,30,31). The summed E-state index contributed by atoms with van der Waals surface area (Å²) in [6, 6.07) is 5.21. The number of amides is 2. The Balaban J connectivity index is 1.46. The fourth-order valence-corrected chi connectivity index (χ4v) is 3.99. The Hall–Kier alpha value is -4.34. The van der Waals surface area contributed by atoms with E-state index in [1.165, 1.54) is 0 Å². The smallest absolute Gasteiger partial charge is 0.251 e. The van der Waals surface area contributed by atoms with Gasteiger partial charge in [0.15, 0.2) is 5.65 Å². The Morgan fingerprint density at radius 1 is 1.15 bits per heavy atom. The molecule has 0 fully saturated rings. The van der Waals surface area contributed by atoms with Gasteiger partial charge in [-0.2, -0.15) is 5.10 Å². The van der Waals surface area contributed by atoms with Gasteiger partial charge in [0.2, 0.25) is 5.91 Å². The molecule has 2 amide bonds. The lowest BCUT2D eigenvalue weighted by Gasteiger charge is -2.22. The second-order valence-corrected chi connectivity index (χ2v) is 8.33. The molecule has 2 aliphatic rings. The van der Waals surface area contributed by atoms with Gasteiger partial charge in [0.05, 0.1) is 11.4 Å². The molecule has 34 heavy (non-hydrogen) atoms. The van der Waals surface area contributed by atoms with Gasteiger partial charge in [-0.15, -0.1) is 0 Å². The maximum Gasteiger partial charge on any atom is 0.251 e. The van der Waals surface area contributed by atoms with Crippen LogP contribution in [0, 0.1) is 0 Å². The maximum atomic E-state index is 12.6. The molecule has 3 aromatic rings. The van der Waals surface area contributed by atoms with Crippen molar-refractivity contribution in [3.05, 3.63) is 60.1 Å².